The van der Waals surface area contributed by atoms with Gasteiger partial charge in [0.25, 0.3) is 0 Å². The molecule has 288 valence electrons. The van der Waals surface area contributed by atoms with Crippen molar-refractivity contribution in [2.45, 2.75) is 79.9 Å². The molecule has 0 atom stereocenters. The van der Waals surface area contributed by atoms with Crippen LogP contribution in [0, 0.1) is 0 Å². The Hall–Kier alpha value is -4.74. The Morgan fingerprint density at radius 3 is 1.86 bits per heavy atom. The van der Waals surface area contributed by atoms with Gasteiger partial charge in [0.05, 0.1) is 16.3 Å². The van der Waals surface area contributed by atoms with Crippen LogP contribution in [0.25, 0.3) is 0 Å². The topological polar surface area (TPSA) is 15.5 Å². The Kier molecular flexibility index (Phi) is 10.9. The zero-order valence-corrected chi connectivity index (χ0v) is 36.0. The van der Waals surface area contributed by atoms with Gasteiger partial charge in [0.1, 0.15) is 18.1 Å². The highest BCUT2D eigenvalue weighted by molar-refractivity contribution is 7.97. The first-order valence-electron chi connectivity index (χ1n) is 20.0. The third-order valence-corrected chi connectivity index (χ3v) is 14.5. The molecule has 2 aliphatic heterocycles. The average Bonchev–Trinajstić information content (AvgIpc) is 3.78. The summed E-state index contributed by atoms with van der Waals surface area (Å²) < 4.78 is 9.46. The van der Waals surface area contributed by atoms with Crippen LogP contribution in [0.5, 0.6) is 5.75 Å². The number of fused-ring (bicyclic) bond motifs is 2. The highest BCUT2D eigenvalue weighted by Gasteiger charge is 2.44. The standard InChI is InChI=1S/C51H50Cl2N2OS/c1-7-54-45-15-11-9-13-43(45)50(3,4)47(54)33-19-35-17-18-36(20-34-48-51(5,6)44-14-10-12-16-46(44)55(48)8-2)49(35)56-39-25-31-42(32-26-39)57(40-27-21-37(52)22-28-40)41-29-23-38(53)24-30-41/h9-16,19-34H,7-8,17-18H2,1-6H3/q+2. The Labute approximate surface area is 351 Å². The van der Waals surface area contributed by atoms with Gasteiger partial charge in [0.2, 0.25) is 5.69 Å². The van der Waals surface area contributed by atoms with Gasteiger partial charge >= 0.3 is 0 Å². The summed E-state index contributed by atoms with van der Waals surface area (Å²) in [7, 11) is -0.351. The smallest absolute Gasteiger partial charge is 0.209 e. The molecule has 0 aromatic heterocycles. The van der Waals surface area contributed by atoms with Gasteiger partial charge in [-0.05, 0) is 148 Å². The predicted octanol–water partition coefficient (Wildman–Crippen LogP) is 13.8. The zero-order valence-electron chi connectivity index (χ0n) is 33.7. The van der Waals surface area contributed by atoms with E-state index in [0.29, 0.717) is 0 Å². The van der Waals surface area contributed by atoms with Gasteiger partial charge in [-0.25, -0.2) is 0 Å². The Bertz CT molecular complexity index is 2420. The summed E-state index contributed by atoms with van der Waals surface area (Å²) in [5, 5.41) is 1.45. The van der Waals surface area contributed by atoms with Crippen molar-refractivity contribution in [2.75, 3.05) is 18.0 Å². The van der Waals surface area contributed by atoms with Crippen LogP contribution in [0.15, 0.2) is 183 Å². The lowest BCUT2D eigenvalue weighted by molar-refractivity contribution is -0.433. The van der Waals surface area contributed by atoms with Crippen molar-refractivity contribution >= 4 is 51.2 Å². The number of rotatable bonds is 10. The van der Waals surface area contributed by atoms with Crippen LogP contribution in [-0.4, -0.2) is 23.4 Å². The van der Waals surface area contributed by atoms with Crippen LogP contribution in [0.1, 0.15) is 65.5 Å². The van der Waals surface area contributed by atoms with Gasteiger partial charge < -0.3 is 9.64 Å². The summed E-state index contributed by atoms with van der Waals surface area (Å²) in [5.74, 6) is 1.76. The van der Waals surface area contributed by atoms with Crippen LogP contribution in [0.3, 0.4) is 0 Å². The molecule has 0 N–H and O–H groups in total. The van der Waals surface area contributed by atoms with E-state index >= 15 is 0 Å². The molecule has 0 saturated heterocycles. The minimum atomic E-state index is -0.351. The number of para-hydroxylation sites is 2. The van der Waals surface area contributed by atoms with Crippen molar-refractivity contribution in [3.8, 4) is 5.75 Å². The number of ether oxygens (including phenoxy) is 1. The molecule has 0 saturated carbocycles. The van der Waals surface area contributed by atoms with E-state index in [2.05, 4.69) is 172 Å². The number of benzene rings is 5. The molecule has 0 bridgehead atoms. The largest absolute Gasteiger partial charge is 0.457 e. The molecule has 8 rings (SSSR count). The number of hydrogen-bond acceptors (Lipinski definition) is 2. The highest BCUT2D eigenvalue weighted by Crippen LogP contribution is 2.48. The van der Waals surface area contributed by atoms with Crippen LogP contribution >= 0.6 is 23.2 Å². The van der Waals surface area contributed by atoms with E-state index in [1.165, 1.54) is 59.7 Å². The van der Waals surface area contributed by atoms with Crippen molar-refractivity contribution in [1.82, 2.24) is 0 Å². The van der Waals surface area contributed by atoms with Gasteiger partial charge in [-0.2, -0.15) is 4.58 Å². The number of allylic oxidation sites excluding steroid dienone is 7. The Balaban J connectivity index is 1.18. The van der Waals surface area contributed by atoms with E-state index < -0.39 is 0 Å². The van der Waals surface area contributed by atoms with E-state index in [9.17, 15) is 0 Å². The van der Waals surface area contributed by atoms with Gasteiger partial charge in [-0.1, -0.05) is 79.5 Å². The summed E-state index contributed by atoms with van der Waals surface area (Å²) in [4.78, 5) is 6.02. The van der Waals surface area contributed by atoms with Gasteiger partial charge in [0, 0.05) is 51.1 Å². The van der Waals surface area contributed by atoms with Crippen LogP contribution in [-0.2, 0) is 21.7 Å². The maximum Gasteiger partial charge on any atom is 0.209 e. The maximum absolute atomic E-state index is 7.01. The zero-order chi connectivity index (χ0) is 39.9. The normalized spacial score (nSPS) is 18.4. The molecule has 6 heteroatoms. The van der Waals surface area contributed by atoms with Crippen molar-refractivity contribution in [1.29, 1.82) is 0 Å². The summed E-state index contributed by atoms with van der Waals surface area (Å²) in [6.07, 6.45) is 11.1. The van der Waals surface area contributed by atoms with Crippen molar-refractivity contribution < 1.29 is 9.31 Å². The van der Waals surface area contributed by atoms with Gasteiger partial charge in [-0.3, -0.25) is 0 Å². The molecule has 0 fully saturated rings. The van der Waals surface area contributed by atoms with E-state index in [0.717, 1.165) is 47.5 Å². The molecular formula is C51H50Cl2N2OS+2. The molecule has 3 aliphatic rings. The summed E-state index contributed by atoms with van der Waals surface area (Å²) in [6, 6.07) is 42.6. The van der Waals surface area contributed by atoms with Crippen molar-refractivity contribution in [3.05, 3.63) is 189 Å². The van der Waals surface area contributed by atoms with Crippen molar-refractivity contribution in [3.63, 3.8) is 0 Å². The Morgan fingerprint density at radius 2 is 1.25 bits per heavy atom. The van der Waals surface area contributed by atoms with Crippen LogP contribution < -0.4 is 9.64 Å². The van der Waals surface area contributed by atoms with Crippen LogP contribution in [0.4, 0.5) is 11.4 Å². The maximum atomic E-state index is 7.01. The molecule has 5 aromatic rings. The molecule has 1 aliphatic carbocycles. The number of anilines is 1. The minimum absolute atomic E-state index is 0.111. The van der Waals surface area contributed by atoms with E-state index in [1.807, 2.05) is 24.3 Å². The van der Waals surface area contributed by atoms with Crippen LogP contribution in [0.2, 0.25) is 10.0 Å². The highest BCUT2D eigenvalue weighted by atomic mass is 35.5. The number of hydrogen-bond donors (Lipinski definition) is 0. The van der Waals surface area contributed by atoms with E-state index in [1.54, 1.807) is 0 Å². The molecule has 3 nitrogen and oxygen atoms in total. The molecule has 0 spiro atoms. The first-order chi connectivity index (χ1) is 27.5. The fraction of sp³-hybridized carbons (Fsp3) is 0.235. The average molecular weight is 810 g/mol. The predicted molar refractivity (Wildman–Crippen MR) is 241 cm³/mol. The second-order valence-electron chi connectivity index (χ2n) is 15.9. The second kappa shape index (κ2) is 15.9. The molecule has 0 unspecified atom stereocenters. The fourth-order valence-electron chi connectivity index (χ4n) is 8.79. The molecule has 2 heterocycles. The van der Waals surface area contributed by atoms with E-state index in [-0.39, 0.29) is 21.7 Å². The number of nitrogens with zero attached hydrogens (tertiary/aromatic N) is 2. The molecule has 57 heavy (non-hydrogen) atoms. The lowest BCUT2D eigenvalue weighted by atomic mass is 9.81. The molecule has 5 aromatic carbocycles. The minimum Gasteiger partial charge on any atom is -0.457 e. The number of halogens is 2. The molecule has 0 amide bonds. The second-order valence-corrected chi connectivity index (χ2v) is 18.8. The van der Waals surface area contributed by atoms with E-state index in [4.69, 9.17) is 27.9 Å². The van der Waals surface area contributed by atoms with Crippen molar-refractivity contribution in [2.24, 2.45) is 0 Å². The van der Waals surface area contributed by atoms with Gasteiger partial charge in [0.15, 0.2) is 20.4 Å². The lowest BCUT2D eigenvalue weighted by Gasteiger charge is -2.26. The quantitative estimate of drug-likeness (QED) is 0.103. The SMILES string of the molecule is CCN1/C(=C/C=C2\CCC(/C=C/C3=[N+](CC)c4ccccc4C3(C)C)=C2Oc2ccc([S+](c3ccc(Cl)cc3)c3ccc(Cl)cc3)cc2)C(C)(C)c2ccccc21. The first-order valence-corrected chi connectivity index (χ1v) is 22.0. The lowest BCUT2D eigenvalue weighted by Crippen LogP contribution is -2.27. The Morgan fingerprint density at radius 1 is 0.667 bits per heavy atom. The summed E-state index contributed by atoms with van der Waals surface area (Å²) >= 11 is 12.6. The third-order valence-electron chi connectivity index (χ3n) is 11.7. The fourth-order valence-corrected chi connectivity index (χ4v) is 11.1. The molecule has 0 radical (unpaired) electrons. The number of likely N-dealkylation sites (N-methyl/N-ethyl adjacent to an activating group) is 1. The summed E-state index contributed by atoms with van der Waals surface area (Å²) in [5.41, 5.74) is 10.1. The van der Waals surface area contributed by atoms with Gasteiger partial charge in [-0.15, -0.1) is 0 Å². The first kappa shape index (κ1) is 39.1. The monoisotopic (exact) mass is 808 g/mol. The molecular weight excluding hydrogens is 760 g/mol. The third kappa shape index (κ3) is 7.33. The summed E-state index contributed by atoms with van der Waals surface area (Å²) in [6.45, 7) is 15.6.